The molecule has 0 amide bonds. The molecule has 0 unspecified atom stereocenters. The zero-order valence-corrected chi connectivity index (χ0v) is 15.1. The molecule has 0 N–H and O–H groups in total. The molecule has 0 fully saturated rings. The molecule has 0 radical (unpaired) electrons. The van der Waals surface area contributed by atoms with Crippen molar-refractivity contribution < 1.29 is 0 Å². The van der Waals surface area contributed by atoms with E-state index >= 15 is 0 Å². The molecule has 0 bridgehead atoms. The monoisotopic (exact) mass is 266 g/mol. The van der Waals surface area contributed by atoms with E-state index in [4.69, 9.17) is 0 Å². The van der Waals surface area contributed by atoms with Crippen LogP contribution < -0.4 is 0 Å². The molecule has 0 saturated carbocycles. The van der Waals surface area contributed by atoms with E-state index in [0.717, 1.165) is 11.8 Å². The minimum Gasteiger partial charge on any atom is -0.0683 e. The summed E-state index contributed by atoms with van der Waals surface area (Å²) in [5.74, 6) is 2.33. The maximum Gasteiger partial charge on any atom is -0.0219 e. The van der Waals surface area contributed by atoms with Gasteiger partial charge in [-0.05, 0) is 23.3 Å². The highest BCUT2D eigenvalue weighted by molar-refractivity contribution is 5.17. The summed E-state index contributed by atoms with van der Waals surface area (Å²) in [7, 11) is 0. The third kappa shape index (κ3) is 31.7. The van der Waals surface area contributed by atoms with Gasteiger partial charge in [0.1, 0.15) is 0 Å². The molecule has 0 aromatic heterocycles. The summed E-state index contributed by atoms with van der Waals surface area (Å²) in [4.78, 5) is 0. The predicted octanol–water partition coefficient (Wildman–Crippen LogP) is 7.16. The van der Waals surface area contributed by atoms with E-state index in [1.807, 2.05) is 19.9 Å². The van der Waals surface area contributed by atoms with Crippen LogP contribution in [0.25, 0.3) is 0 Å². The minimum atomic E-state index is 0.659. The molecule has 0 nitrogen and oxygen atoms in total. The van der Waals surface area contributed by atoms with Gasteiger partial charge in [-0.15, -0.1) is 0 Å². The lowest BCUT2D eigenvalue weighted by molar-refractivity contribution is 0.736. The Morgan fingerprint density at radius 1 is 0.579 bits per heavy atom. The molecular formula is C19H38. The first-order valence-electron chi connectivity index (χ1n) is 7.82. The molecule has 0 atom stereocenters. The van der Waals surface area contributed by atoms with Gasteiger partial charge in [0.05, 0.1) is 0 Å². The molecule has 0 heteroatoms. The van der Waals surface area contributed by atoms with Gasteiger partial charge in [0.25, 0.3) is 0 Å². The molecule has 0 aliphatic carbocycles. The van der Waals surface area contributed by atoms with Crippen LogP contribution in [0.4, 0.5) is 0 Å². The molecule has 0 aliphatic rings. The molecule has 0 saturated heterocycles. The van der Waals surface area contributed by atoms with E-state index in [2.05, 4.69) is 79.7 Å². The normalized spacial score (nSPS) is 8.89. The van der Waals surface area contributed by atoms with Crippen molar-refractivity contribution in [3.63, 3.8) is 0 Å². The number of hydrogen-bond donors (Lipinski definition) is 0. The second-order valence-corrected chi connectivity index (χ2v) is 6.03. The van der Waals surface area contributed by atoms with Gasteiger partial charge in [0.2, 0.25) is 0 Å². The lowest BCUT2D eigenvalue weighted by atomic mass is 10.0. The number of hydrogen-bond acceptors (Lipinski definition) is 0. The first-order valence-corrected chi connectivity index (χ1v) is 7.82. The van der Waals surface area contributed by atoms with Gasteiger partial charge in [-0.3, -0.25) is 0 Å². The van der Waals surface area contributed by atoms with Crippen LogP contribution in [-0.2, 0) is 0 Å². The second kappa shape index (κ2) is 17.2. The lowest BCUT2D eigenvalue weighted by Crippen LogP contribution is -1.83. The quantitative estimate of drug-likeness (QED) is 0.506. The molecular weight excluding hydrogens is 228 g/mol. The van der Waals surface area contributed by atoms with E-state index in [-0.39, 0.29) is 0 Å². The van der Waals surface area contributed by atoms with Crippen molar-refractivity contribution in [1.82, 2.24) is 0 Å². The fourth-order valence-electron chi connectivity index (χ4n) is 0.838. The molecule has 114 valence electrons. The van der Waals surface area contributed by atoms with E-state index < -0.39 is 0 Å². The van der Waals surface area contributed by atoms with Gasteiger partial charge >= 0.3 is 0 Å². The largest absolute Gasteiger partial charge is 0.0683 e. The molecule has 1 rings (SSSR count). The fourth-order valence-corrected chi connectivity index (χ4v) is 0.838. The van der Waals surface area contributed by atoms with Crippen molar-refractivity contribution in [1.29, 1.82) is 0 Å². The Bertz CT molecular complexity index is 220. The van der Waals surface area contributed by atoms with Crippen LogP contribution in [0.15, 0.2) is 30.3 Å². The van der Waals surface area contributed by atoms with Gasteiger partial charge in [0, 0.05) is 0 Å². The van der Waals surface area contributed by atoms with Crippen LogP contribution in [0, 0.1) is 11.8 Å². The fraction of sp³-hybridized carbons (Fsp3) is 0.684. The van der Waals surface area contributed by atoms with Gasteiger partial charge in [-0.1, -0.05) is 99.6 Å². The summed E-state index contributed by atoms with van der Waals surface area (Å²) in [5, 5.41) is 0. The second-order valence-electron chi connectivity index (χ2n) is 6.03. The first-order chi connectivity index (χ1) is 8.77. The SMILES string of the molecule is CC.CC(C)C.CC(C)C.CC(C)c1ccccc1. The Morgan fingerprint density at radius 2 is 0.842 bits per heavy atom. The van der Waals surface area contributed by atoms with E-state index in [0.29, 0.717) is 5.92 Å². The first kappa shape index (κ1) is 23.3. The zero-order chi connectivity index (χ0) is 15.8. The average molecular weight is 267 g/mol. The molecule has 0 spiro atoms. The van der Waals surface area contributed by atoms with Crippen LogP contribution in [-0.4, -0.2) is 0 Å². The van der Waals surface area contributed by atoms with Crippen LogP contribution in [0.1, 0.15) is 80.7 Å². The highest BCUT2D eigenvalue weighted by Crippen LogP contribution is 2.11. The summed E-state index contributed by atoms with van der Waals surface area (Å²) in [6.07, 6.45) is 0. The predicted molar refractivity (Wildman–Crippen MR) is 92.9 cm³/mol. The van der Waals surface area contributed by atoms with Crippen LogP contribution in [0.3, 0.4) is 0 Å². The summed E-state index contributed by atoms with van der Waals surface area (Å²) >= 11 is 0. The summed E-state index contributed by atoms with van der Waals surface area (Å²) in [6.45, 7) is 21.4. The lowest BCUT2D eigenvalue weighted by Gasteiger charge is -2.01. The molecule has 0 aliphatic heterocycles. The van der Waals surface area contributed by atoms with Crippen molar-refractivity contribution in [3.8, 4) is 0 Å². The topological polar surface area (TPSA) is 0 Å². The van der Waals surface area contributed by atoms with Gasteiger partial charge in [-0.25, -0.2) is 0 Å². The number of benzene rings is 1. The molecule has 0 heterocycles. The maximum absolute atomic E-state index is 2.20. The van der Waals surface area contributed by atoms with Crippen molar-refractivity contribution in [2.45, 2.75) is 75.2 Å². The number of rotatable bonds is 1. The Balaban J connectivity index is -0.000000217. The van der Waals surface area contributed by atoms with Gasteiger partial charge in [0.15, 0.2) is 0 Å². The Hall–Kier alpha value is -0.780. The third-order valence-electron chi connectivity index (χ3n) is 1.47. The van der Waals surface area contributed by atoms with Crippen molar-refractivity contribution >= 4 is 0 Å². The molecule has 1 aromatic carbocycles. The summed E-state index contributed by atoms with van der Waals surface area (Å²) in [6, 6.07) is 10.5. The smallest absolute Gasteiger partial charge is 0.0219 e. The Morgan fingerprint density at radius 3 is 1.00 bits per heavy atom. The minimum absolute atomic E-state index is 0.659. The standard InChI is InChI=1S/C9H12.2C4H10.C2H6/c1-8(2)9-6-4-3-5-7-9;2*1-4(2)3;1-2/h3-8H,1-2H3;2*4H,1-3H3;1-2H3. The van der Waals surface area contributed by atoms with Crippen LogP contribution >= 0.6 is 0 Å². The summed E-state index contributed by atoms with van der Waals surface area (Å²) in [5.41, 5.74) is 1.41. The Labute approximate surface area is 123 Å². The summed E-state index contributed by atoms with van der Waals surface area (Å²) < 4.78 is 0. The molecule has 19 heavy (non-hydrogen) atoms. The maximum atomic E-state index is 2.20. The highest BCUT2D eigenvalue weighted by atomic mass is 14.0. The van der Waals surface area contributed by atoms with Crippen molar-refractivity contribution in [2.75, 3.05) is 0 Å². The van der Waals surface area contributed by atoms with E-state index in [9.17, 15) is 0 Å². The van der Waals surface area contributed by atoms with Crippen molar-refractivity contribution in [3.05, 3.63) is 35.9 Å². The van der Waals surface area contributed by atoms with Crippen molar-refractivity contribution in [2.24, 2.45) is 11.8 Å². The van der Waals surface area contributed by atoms with Gasteiger partial charge < -0.3 is 0 Å². The average Bonchev–Trinajstić information content (AvgIpc) is 2.31. The molecule has 1 aromatic rings. The van der Waals surface area contributed by atoms with E-state index in [1.54, 1.807) is 0 Å². The zero-order valence-electron chi connectivity index (χ0n) is 15.1. The van der Waals surface area contributed by atoms with Crippen LogP contribution in [0.5, 0.6) is 0 Å². The highest BCUT2D eigenvalue weighted by Gasteiger charge is 1.93. The van der Waals surface area contributed by atoms with E-state index in [1.165, 1.54) is 5.56 Å². The van der Waals surface area contributed by atoms with Crippen LogP contribution in [0.2, 0.25) is 0 Å². The van der Waals surface area contributed by atoms with Gasteiger partial charge in [-0.2, -0.15) is 0 Å². The Kier molecular flexibility index (Phi) is 21.1. The third-order valence-corrected chi connectivity index (χ3v) is 1.47.